The molecule has 5 heteroatoms. The largest absolute Gasteiger partial charge is 0.302 e. The summed E-state index contributed by atoms with van der Waals surface area (Å²) in [5.74, 6) is 0.490. The van der Waals surface area contributed by atoms with Crippen molar-refractivity contribution in [1.29, 1.82) is 0 Å². The van der Waals surface area contributed by atoms with Crippen molar-refractivity contribution in [3.05, 3.63) is 102 Å². The Morgan fingerprint density at radius 1 is 0.906 bits per heavy atom. The number of hydrogen-bond acceptors (Lipinski definition) is 4. The van der Waals surface area contributed by atoms with Crippen molar-refractivity contribution in [3.63, 3.8) is 0 Å². The Balaban J connectivity index is 1.41. The van der Waals surface area contributed by atoms with Gasteiger partial charge in [-0.3, -0.25) is 4.18 Å². The van der Waals surface area contributed by atoms with Crippen molar-refractivity contribution in [3.8, 4) is 0 Å². The summed E-state index contributed by atoms with van der Waals surface area (Å²) in [5.41, 5.74) is 3.64. The molecule has 0 saturated carbocycles. The summed E-state index contributed by atoms with van der Waals surface area (Å²) in [6, 6.07) is 28.0. The number of benzene rings is 3. The van der Waals surface area contributed by atoms with Gasteiger partial charge in [-0.15, -0.1) is 0 Å². The lowest BCUT2D eigenvalue weighted by Crippen LogP contribution is -2.40. The highest BCUT2D eigenvalue weighted by atomic mass is 32.2. The van der Waals surface area contributed by atoms with Crippen molar-refractivity contribution >= 4 is 10.1 Å². The van der Waals surface area contributed by atoms with Crippen LogP contribution < -0.4 is 0 Å². The SMILES string of the molecule is Cc1ccc(S(=O)(=O)OC[C@H]2CCCN(CC(c3ccccc3)c3ccccc3)C2)cc1. The summed E-state index contributed by atoms with van der Waals surface area (Å²) in [5, 5.41) is 0. The molecule has 3 aromatic carbocycles. The third-order valence-electron chi connectivity index (χ3n) is 6.22. The summed E-state index contributed by atoms with van der Waals surface area (Å²) >= 11 is 0. The summed E-state index contributed by atoms with van der Waals surface area (Å²) in [7, 11) is -3.72. The van der Waals surface area contributed by atoms with Gasteiger partial charge in [0.1, 0.15) is 0 Å². The molecule has 0 aromatic heterocycles. The Kier molecular flexibility index (Phi) is 7.40. The number of aryl methyl sites for hydroxylation is 1. The van der Waals surface area contributed by atoms with Gasteiger partial charge in [0, 0.05) is 19.0 Å². The second-order valence-electron chi connectivity index (χ2n) is 8.69. The molecule has 1 saturated heterocycles. The Labute approximate surface area is 192 Å². The van der Waals surface area contributed by atoms with Gasteiger partial charge < -0.3 is 4.90 Å². The van der Waals surface area contributed by atoms with Crippen LogP contribution in [0.25, 0.3) is 0 Å². The summed E-state index contributed by atoms with van der Waals surface area (Å²) in [6.45, 7) is 4.95. The topological polar surface area (TPSA) is 46.6 Å². The molecule has 1 atom stereocenters. The van der Waals surface area contributed by atoms with Crippen LogP contribution in [0.15, 0.2) is 89.8 Å². The Morgan fingerprint density at radius 3 is 2.09 bits per heavy atom. The minimum Gasteiger partial charge on any atom is -0.302 e. The van der Waals surface area contributed by atoms with E-state index in [1.165, 1.54) is 11.1 Å². The number of hydrogen-bond donors (Lipinski definition) is 0. The van der Waals surface area contributed by atoms with Crippen LogP contribution in [0.3, 0.4) is 0 Å². The van der Waals surface area contributed by atoms with Crippen LogP contribution in [0.1, 0.15) is 35.4 Å². The molecule has 0 radical (unpaired) electrons. The molecule has 4 rings (SSSR count). The molecule has 0 bridgehead atoms. The number of rotatable bonds is 8. The summed E-state index contributed by atoms with van der Waals surface area (Å²) < 4.78 is 30.6. The van der Waals surface area contributed by atoms with E-state index < -0.39 is 10.1 Å². The second kappa shape index (κ2) is 10.4. The fourth-order valence-electron chi connectivity index (χ4n) is 4.44. The van der Waals surface area contributed by atoms with Crippen molar-refractivity contribution in [2.75, 3.05) is 26.2 Å². The zero-order valence-corrected chi connectivity index (χ0v) is 19.4. The zero-order valence-electron chi connectivity index (χ0n) is 18.6. The molecule has 32 heavy (non-hydrogen) atoms. The maximum absolute atomic E-state index is 12.6. The first-order valence-electron chi connectivity index (χ1n) is 11.3. The molecule has 1 fully saturated rings. The average Bonchev–Trinajstić information content (AvgIpc) is 2.83. The smallest absolute Gasteiger partial charge is 0.296 e. The molecular weight excluding hydrogens is 418 g/mol. The van der Waals surface area contributed by atoms with E-state index in [0.29, 0.717) is 0 Å². The monoisotopic (exact) mass is 449 g/mol. The van der Waals surface area contributed by atoms with Gasteiger partial charge in [-0.2, -0.15) is 8.42 Å². The zero-order chi connectivity index (χ0) is 22.4. The van der Waals surface area contributed by atoms with Gasteiger partial charge in [0.2, 0.25) is 0 Å². The van der Waals surface area contributed by atoms with Crippen molar-refractivity contribution in [2.45, 2.75) is 30.6 Å². The highest BCUT2D eigenvalue weighted by Gasteiger charge is 2.26. The first-order valence-corrected chi connectivity index (χ1v) is 12.7. The van der Waals surface area contributed by atoms with Crippen molar-refractivity contribution in [1.82, 2.24) is 4.90 Å². The van der Waals surface area contributed by atoms with E-state index in [9.17, 15) is 8.42 Å². The quantitative estimate of drug-likeness (QED) is 0.441. The predicted octanol–water partition coefficient (Wildman–Crippen LogP) is 5.24. The van der Waals surface area contributed by atoms with Crippen LogP contribution in [0.2, 0.25) is 0 Å². The molecule has 1 aliphatic rings. The maximum Gasteiger partial charge on any atom is 0.296 e. The normalized spacial score (nSPS) is 17.5. The third-order valence-corrected chi connectivity index (χ3v) is 7.51. The Morgan fingerprint density at radius 2 is 1.50 bits per heavy atom. The first-order chi connectivity index (χ1) is 15.5. The van der Waals surface area contributed by atoms with Gasteiger partial charge in [-0.25, -0.2) is 0 Å². The van der Waals surface area contributed by atoms with Crippen LogP contribution in [0.5, 0.6) is 0 Å². The van der Waals surface area contributed by atoms with E-state index in [0.717, 1.165) is 38.0 Å². The van der Waals surface area contributed by atoms with Gasteiger partial charge in [-0.1, -0.05) is 78.4 Å². The highest BCUT2D eigenvalue weighted by Crippen LogP contribution is 2.28. The van der Waals surface area contributed by atoms with Crippen LogP contribution in [0, 0.1) is 12.8 Å². The molecule has 1 heterocycles. The lowest BCUT2D eigenvalue weighted by molar-refractivity contribution is 0.130. The molecule has 0 spiro atoms. The predicted molar refractivity (Wildman–Crippen MR) is 128 cm³/mol. The van der Waals surface area contributed by atoms with Crippen molar-refractivity contribution in [2.24, 2.45) is 5.92 Å². The van der Waals surface area contributed by atoms with Crippen LogP contribution in [-0.4, -0.2) is 39.6 Å². The Bertz CT molecular complexity index is 1040. The standard InChI is InChI=1S/C27H31NO3S/c1-22-14-16-26(17-15-22)32(29,30)31-21-23-9-8-18-28(19-23)20-27(24-10-4-2-5-11-24)25-12-6-3-7-13-25/h2-7,10-17,23,27H,8-9,18-21H2,1H3/t23-/m0/s1. The second-order valence-corrected chi connectivity index (χ2v) is 10.3. The van der Waals surface area contributed by atoms with E-state index in [2.05, 4.69) is 53.4 Å². The molecule has 4 nitrogen and oxygen atoms in total. The van der Waals surface area contributed by atoms with Crippen LogP contribution >= 0.6 is 0 Å². The van der Waals surface area contributed by atoms with E-state index in [1.807, 2.05) is 19.1 Å². The summed E-state index contributed by atoms with van der Waals surface area (Å²) in [4.78, 5) is 2.68. The van der Waals surface area contributed by atoms with Crippen molar-refractivity contribution < 1.29 is 12.6 Å². The Hall–Kier alpha value is -2.47. The molecule has 3 aromatic rings. The molecule has 1 aliphatic heterocycles. The number of piperidine rings is 1. The van der Waals surface area contributed by atoms with Gasteiger partial charge in [0.25, 0.3) is 10.1 Å². The van der Waals surface area contributed by atoms with Crippen LogP contribution in [0.4, 0.5) is 0 Å². The summed E-state index contributed by atoms with van der Waals surface area (Å²) in [6.07, 6.45) is 2.04. The minimum atomic E-state index is -3.72. The maximum atomic E-state index is 12.6. The molecule has 0 unspecified atom stereocenters. The first kappa shape index (κ1) is 22.7. The minimum absolute atomic E-state index is 0.205. The number of likely N-dealkylation sites (tertiary alicyclic amines) is 1. The third kappa shape index (κ3) is 5.85. The van der Waals surface area contributed by atoms with Gasteiger partial charge in [0.15, 0.2) is 0 Å². The molecule has 0 aliphatic carbocycles. The average molecular weight is 450 g/mol. The molecular formula is C27H31NO3S. The van der Waals surface area contributed by atoms with E-state index in [1.54, 1.807) is 24.3 Å². The van der Waals surface area contributed by atoms with E-state index >= 15 is 0 Å². The lowest BCUT2D eigenvalue weighted by atomic mass is 9.89. The fourth-order valence-corrected chi connectivity index (χ4v) is 5.42. The lowest BCUT2D eigenvalue weighted by Gasteiger charge is -2.35. The van der Waals surface area contributed by atoms with Gasteiger partial charge in [0.05, 0.1) is 11.5 Å². The fraction of sp³-hybridized carbons (Fsp3) is 0.333. The van der Waals surface area contributed by atoms with Crippen LogP contribution in [-0.2, 0) is 14.3 Å². The number of nitrogens with zero attached hydrogens (tertiary/aromatic N) is 1. The molecule has 0 N–H and O–H groups in total. The van der Waals surface area contributed by atoms with Gasteiger partial charge in [-0.05, 0) is 55.5 Å². The molecule has 0 amide bonds. The van der Waals surface area contributed by atoms with E-state index in [4.69, 9.17) is 4.18 Å². The van der Waals surface area contributed by atoms with E-state index in [-0.39, 0.29) is 23.3 Å². The van der Waals surface area contributed by atoms with Gasteiger partial charge >= 0.3 is 0 Å². The molecule has 168 valence electrons. The highest BCUT2D eigenvalue weighted by molar-refractivity contribution is 7.86.